The van der Waals surface area contributed by atoms with Gasteiger partial charge < -0.3 is 20.9 Å². The van der Waals surface area contributed by atoms with E-state index >= 15 is 0 Å². The normalized spacial score (nSPS) is 29.2. The highest BCUT2D eigenvalue weighted by atomic mass is 16.5. The molecule has 0 bridgehead atoms. The fourth-order valence-electron chi connectivity index (χ4n) is 2.45. The van der Waals surface area contributed by atoms with E-state index in [2.05, 4.69) is 12.2 Å². The molecular weight excluding hydrogens is 204 g/mol. The number of nitrogens with two attached hydrogens (primary N) is 1. The largest absolute Gasteiger partial charge is 0.396 e. The topological polar surface area (TPSA) is 67.5 Å². The van der Waals surface area contributed by atoms with Crippen LogP contribution in [0.25, 0.3) is 0 Å². The highest BCUT2D eigenvalue weighted by Crippen LogP contribution is 2.27. The van der Waals surface area contributed by atoms with E-state index in [1.54, 1.807) is 7.11 Å². The summed E-state index contributed by atoms with van der Waals surface area (Å²) in [5.41, 5.74) is 5.76. The maximum Gasteiger partial charge on any atom is 0.0480 e. The number of aliphatic hydroxyl groups excluding tert-OH is 1. The van der Waals surface area contributed by atoms with Crippen LogP contribution in [0.1, 0.15) is 32.6 Å². The van der Waals surface area contributed by atoms with Crippen LogP contribution in [0.5, 0.6) is 0 Å². The van der Waals surface area contributed by atoms with E-state index in [1.807, 2.05) is 0 Å². The number of hydrogen-bond donors (Lipinski definition) is 3. The maximum absolute atomic E-state index is 9.29. The molecule has 1 fully saturated rings. The van der Waals surface area contributed by atoms with Crippen molar-refractivity contribution in [3.63, 3.8) is 0 Å². The van der Waals surface area contributed by atoms with Gasteiger partial charge in [0.15, 0.2) is 0 Å². The molecule has 0 saturated heterocycles. The third-order valence-corrected chi connectivity index (χ3v) is 3.74. The van der Waals surface area contributed by atoms with Gasteiger partial charge in [0, 0.05) is 38.4 Å². The minimum atomic E-state index is -0.0710. The van der Waals surface area contributed by atoms with Crippen molar-refractivity contribution in [2.24, 2.45) is 11.7 Å². The summed E-state index contributed by atoms with van der Waals surface area (Å²) < 4.78 is 5.11. The summed E-state index contributed by atoms with van der Waals surface area (Å²) >= 11 is 0. The Hall–Kier alpha value is -0.160. The summed E-state index contributed by atoms with van der Waals surface area (Å²) in [4.78, 5) is 0. The minimum absolute atomic E-state index is 0.0710. The summed E-state index contributed by atoms with van der Waals surface area (Å²) in [6.07, 6.45) is 4.38. The lowest BCUT2D eigenvalue weighted by Gasteiger charge is -2.34. The van der Waals surface area contributed by atoms with Gasteiger partial charge in [0.1, 0.15) is 0 Å². The Labute approximate surface area is 98.5 Å². The molecule has 3 unspecified atom stereocenters. The molecule has 0 aromatic heterocycles. The number of methoxy groups -OCH3 is 1. The second kappa shape index (κ2) is 6.55. The SMILES string of the molecule is COCCC(C)(CN)NC1CCCC1CO. The molecule has 1 aliphatic rings. The second-order valence-corrected chi connectivity index (χ2v) is 5.13. The third kappa shape index (κ3) is 3.70. The van der Waals surface area contributed by atoms with Gasteiger partial charge in [-0.2, -0.15) is 0 Å². The molecule has 1 aliphatic carbocycles. The molecule has 0 aromatic carbocycles. The predicted molar refractivity (Wildman–Crippen MR) is 65.3 cm³/mol. The highest BCUT2D eigenvalue weighted by Gasteiger charge is 2.32. The first-order valence-corrected chi connectivity index (χ1v) is 6.23. The van der Waals surface area contributed by atoms with Crippen molar-refractivity contribution in [1.29, 1.82) is 0 Å². The van der Waals surface area contributed by atoms with Crippen LogP contribution in [-0.2, 0) is 4.74 Å². The highest BCUT2D eigenvalue weighted by molar-refractivity contribution is 4.92. The third-order valence-electron chi connectivity index (χ3n) is 3.74. The Bertz CT molecular complexity index is 201. The first-order chi connectivity index (χ1) is 7.65. The number of aliphatic hydroxyl groups is 1. The van der Waals surface area contributed by atoms with Crippen molar-refractivity contribution in [2.75, 3.05) is 26.9 Å². The summed E-state index contributed by atoms with van der Waals surface area (Å²) in [6.45, 7) is 3.74. The van der Waals surface area contributed by atoms with E-state index in [0.29, 0.717) is 18.5 Å². The van der Waals surface area contributed by atoms with E-state index in [9.17, 15) is 5.11 Å². The molecule has 1 rings (SSSR count). The first kappa shape index (κ1) is 13.9. The van der Waals surface area contributed by atoms with Crippen molar-refractivity contribution >= 4 is 0 Å². The molecule has 0 aliphatic heterocycles. The number of nitrogens with one attached hydrogen (secondary N) is 1. The van der Waals surface area contributed by atoms with Gasteiger partial charge in [-0.05, 0) is 32.1 Å². The quantitative estimate of drug-likeness (QED) is 0.595. The van der Waals surface area contributed by atoms with Gasteiger partial charge in [-0.1, -0.05) is 6.42 Å². The Kier molecular flexibility index (Phi) is 5.69. The molecule has 0 radical (unpaired) electrons. The van der Waals surface area contributed by atoms with Crippen LogP contribution in [0.4, 0.5) is 0 Å². The minimum Gasteiger partial charge on any atom is -0.396 e. The second-order valence-electron chi connectivity index (χ2n) is 5.13. The average Bonchev–Trinajstić information content (AvgIpc) is 2.73. The molecule has 0 heterocycles. The van der Waals surface area contributed by atoms with Crippen molar-refractivity contribution in [2.45, 2.75) is 44.2 Å². The average molecular weight is 230 g/mol. The lowest BCUT2D eigenvalue weighted by Crippen LogP contribution is -2.54. The molecule has 4 N–H and O–H groups in total. The van der Waals surface area contributed by atoms with Crippen molar-refractivity contribution in [3.8, 4) is 0 Å². The van der Waals surface area contributed by atoms with Gasteiger partial charge in [-0.25, -0.2) is 0 Å². The molecule has 16 heavy (non-hydrogen) atoms. The lowest BCUT2D eigenvalue weighted by molar-refractivity contribution is 0.140. The van der Waals surface area contributed by atoms with Crippen molar-refractivity contribution in [1.82, 2.24) is 5.32 Å². The fourth-order valence-corrected chi connectivity index (χ4v) is 2.45. The van der Waals surface area contributed by atoms with E-state index < -0.39 is 0 Å². The standard InChI is InChI=1S/C12H26N2O2/c1-12(9-13,6-7-16-2)14-11-5-3-4-10(11)8-15/h10-11,14-15H,3-9,13H2,1-2H3. The van der Waals surface area contributed by atoms with E-state index in [4.69, 9.17) is 10.5 Å². The van der Waals surface area contributed by atoms with Gasteiger partial charge >= 0.3 is 0 Å². The van der Waals surface area contributed by atoms with Crippen LogP contribution in [-0.4, -0.2) is 43.6 Å². The van der Waals surface area contributed by atoms with Crippen LogP contribution >= 0.6 is 0 Å². The van der Waals surface area contributed by atoms with Crippen LogP contribution in [0.3, 0.4) is 0 Å². The zero-order valence-electron chi connectivity index (χ0n) is 10.5. The molecule has 3 atom stereocenters. The number of rotatable bonds is 7. The number of hydrogen-bond acceptors (Lipinski definition) is 4. The zero-order valence-corrected chi connectivity index (χ0v) is 10.5. The fraction of sp³-hybridized carbons (Fsp3) is 1.00. The molecule has 0 spiro atoms. The molecule has 1 saturated carbocycles. The van der Waals surface area contributed by atoms with E-state index in [0.717, 1.165) is 25.9 Å². The maximum atomic E-state index is 9.29. The van der Waals surface area contributed by atoms with Gasteiger partial charge in [0.25, 0.3) is 0 Å². The molecule has 0 aromatic rings. The van der Waals surface area contributed by atoms with Gasteiger partial charge in [-0.3, -0.25) is 0 Å². The first-order valence-electron chi connectivity index (χ1n) is 6.23. The van der Waals surface area contributed by atoms with Crippen LogP contribution in [0, 0.1) is 5.92 Å². The molecule has 4 heteroatoms. The van der Waals surface area contributed by atoms with Gasteiger partial charge in [-0.15, -0.1) is 0 Å². The Morgan fingerprint density at radius 1 is 1.50 bits per heavy atom. The Morgan fingerprint density at radius 3 is 2.81 bits per heavy atom. The summed E-state index contributed by atoms with van der Waals surface area (Å²) in [5, 5.41) is 12.9. The van der Waals surface area contributed by atoms with Gasteiger partial charge in [0.2, 0.25) is 0 Å². The lowest BCUT2D eigenvalue weighted by atomic mass is 9.94. The summed E-state index contributed by atoms with van der Waals surface area (Å²) in [6, 6.07) is 0.412. The van der Waals surface area contributed by atoms with Crippen molar-refractivity contribution < 1.29 is 9.84 Å². The van der Waals surface area contributed by atoms with Crippen LogP contribution in [0.15, 0.2) is 0 Å². The Balaban J connectivity index is 2.47. The van der Waals surface area contributed by atoms with Gasteiger partial charge in [0.05, 0.1) is 0 Å². The predicted octanol–water partition coefficient (Wildman–Crippen LogP) is 0.491. The van der Waals surface area contributed by atoms with Crippen LogP contribution < -0.4 is 11.1 Å². The van der Waals surface area contributed by atoms with Crippen LogP contribution in [0.2, 0.25) is 0 Å². The molecule has 96 valence electrons. The summed E-state index contributed by atoms with van der Waals surface area (Å²) in [7, 11) is 1.71. The molecule has 4 nitrogen and oxygen atoms in total. The smallest absolute Gasteiger partial charge is 0.0480 e. The number of ether oxygens (including phenoxy) is 1. The van der Waals surface area contributed by atoms with Crippen molar-refractivity contribution in [3.05, 3.63) is 0 Å². The molecule has 0 amide bonds. The van der Waals surface area contributed by atoms with E-state index in [1.165, 1.54) is 6.42 Å². The Morgan fingerprint density at radius 2 is 2.25 bits per heavy atom. The van der Waals surface area contributed by atoms with E-state index in [-0.39, 0.29) is 12.1 Å². The zero-order chi connectivity index (χ0) is 12.0. The molecular formula is C12H26N2O2. The summed E-state index contributed by atoms with van der Waals surface area (Å²) in [5.74, 6) is 0.397. The monoisotopic (exact) mass is 230 g/mol.